The van der Waals surface area contributed by atoms with Crippen molar-refractivity contribution < 1.29 is 18.7 Å². The van der Waals surface area contributed by atoms with Gasteiger partial charge in [0.15, 0.2) is 5.78 Å². The number of ketones is 1. The van der Waals surface area contributed by atoms with E-state index in [4.69, 9.17) is 16.3 Å². The Balaban J connectivity index is 1.34. The van der Waals surface area contributed by atoms with Crippen molar-refractivity contribution in [2.45, 2.75) is 19.4 Å². The third-order valence-corrected chi connectivity index (χ3v) is 6.18. The van der Waals surface area contributed by atoms with Crippen LogP contribution in [0.25, 0.3) is 0 Å². The number of fused-ring (bicyclic) bond motifs is 1. The zero-order valence-corrected chi connectivity index (χ0v) is 19.7. The number of halogens is 2. The van der Waals surface area contributed by atoms with Crippen molar-refractivity contribution in [2.24, 2.45) is 10.9 Å². The van der Waals surface area contributed by atoms with Crippen LogP contribution in [0.15, 0.2) is 35.5 Å². The highest BCUT2D eigenvalue weighted by molar-refractivity contribution is 6.30. The molecule has 34 heavy (non-hydrogen) atoms. The molecule has 2 aliphatic heterocycles. The number of rotatable bonds is 9. The molecule has 10 heteroatoms. The molecule has 3 heterocycles. The first-order valence-corrected chi connectivity index (χ1v) is 11.6. The van der Waals surface area contributed by atoms with Crippen molar-refractivity contribution in [3.63, 3.8) is 0 Å². The minimum absolute atomic E-state index is 0.0401. The van der Waals surface area contributed by atoms with Gasteiger partial charge in [-0.3, -0.25) is 19.6 Å². The van der Waals surface area contributed by atoms with Crippen molar-refractivity contribution >= 4 is 34.7 Å². The van der Waals surface area contributed by atoms with Crippen molar-refractivity contribution in [1.82, 2.24) is 20.5 Å². The summed E-state index contributed by atoms with van der Waals surface area (Å²) in [7, 11) is 2.08. The summed E-state index contributed by atoms with van der Waals surface area (Å²) < 4.78 is 19.0. The van der Waals surface area contributed by atoms with E-state index in [0.29, 0.717) is 47.4 Å². The minimum Gasteiger partial charge on any atom is -0.488 e. The molecule has 0 saturated carbocycles. The topological polar surface area (TPSA) is 95.9 Å². The van der Waals surface area contributed by atoms with Gasteiger partial charge in [0.05, 0.1) is 35.1 Å². The number of hydrogen-bond acceptors (Lipinski definition) is 7. The van der Waals surface area contributed by atoms with Gasteiger partial charge in [-0.2, -0.15) is 0 Å². The van der Waals surface area contributed by atoms with Gasteiger partial charge in [-0.05, 0) is 44.1 Å². The van der Waals surface area contributed by atoms with Gasteiger partial charge in [-0.25, -0.2) is 4.39 Å². The summed E-state index contributed by atoms with van der Waals surface area (Å²) in [4.78, 5) is 36.1. The van der Waals surface area contributed by atoms with Crippen LogP contribution in [0.1, 0.15) is 28.9 Å². The summed E-state index contributed by atoms with van der Waals surface area (Å²) in [6.07, 6.45) is 2.79. The third-order valence-electron chi connectivity index (χ3n) is 5.89. The van der Waals surface area contributed by atoms with Gasteiger partial charge in [0.1, 0.15) is 18.2 Å². The number of benzene rings is 1. The summed E-state index contributed by atoms with van der Waals surface area (Å²) in [5.41, 5.74) is 2.09. The summed E-state index contributed by atoms with van der Waals surface area (Å²) in [6.45, 7) is 3.24. The summed E-state index contributed by atoms with van der Waals surface area (Å²) in [6, 6.07) is 5.71. The van der Waals surface area contributed by atoms with E-state index < -0.39 is 5.82 Å². The molecule has 4 rings (SSSR count). The van der Waals surface area contributed by atoms with Gasteiger partial charge in [-0.1, -0.05) is 11.6 Å². The second-order valence-corrected chi connectivity index (χ2v) is 9.03. The summed E-state index contributed by atoms with van der Waals surface area (Å²) >= 11 is 5.79. The predicted molar refractivity (Wildman–Crippen MR) is 128 cm³/mol. The molecular formula is C24H27ClFN5O3. The third kappa shape index (κ3) is 6.16. The Morgan fingerprint density at radius 1 is 1.35 bits per heavy atom. The van der Waals surface area contributed by atoms with E-state index in [2.05, 4.69) is 32.6 Å². The molecule has 1 unspecified atom stereocenters. The molecule has 1 aromatic carbocycles. The molecule has 2 aliphatic rings. The molecule has 1 atom stereocenters. The summed E-state index contributed by atoms with van der Waals surface area (Å²) in [5, 5.41) is 6.02. The lowest BCUT2D eigenvalue weighted by Gasteiger charge is -2.18. The van der Waals surface area contributed by atoms with Crippen molar-refractivity contribution in [1.29, 1.82) is 0 Å². The number of aliphatic imine (C=N–C) groups is 1. The molecule has 0 bridgehead atoms. The van der Waals surface area contributed by atoms with Crippen LogP contribution in [0.3, 0.4) is 0 Å². The highest BCUT2D eigenvalue weighted by Gasteiger charge is 2.24. The van der Waals surface area contributed by atoms with Crippen molar-refractivity contribution in [2.75, 3.05) is 39.8 Å². The van der Waals surface area contributed by atoms with Gasteiger partial charge < -0.3 is 20.3 Å². The van der Waals surface area contributed by atoms with Crippen LogP contribution in [0.4, 0.5) is 10.1 Å². The van der Waals surface area contributed by atoms with Crippen molar-refractivity contribution in [3.05, 3.63) is 52.6 Å². The zero-order valence-electron chi connectivity index (χ0n) is 18.9. The van der Waals surface area contributed by atoms with E-state index in [1.807, 2.05) is 0 Å². The quantitative estimate of drug-likeness (QED) is 0.564. The van der Waals surface area contributed by atoms with Crippen LogP contribution in [0.5, 0.6) is 5.75 Å². The van der Waals surface area contributed by atoms with Crippen molar-refractivity contribution in [3.8, 4) is 5.75 Å². The molecule has 1 saturated heterocycles. The zero-order chi connectivity index (χ0) is 24.1. The van der Waals surface area contributed by atoms with Crippen LogP contribution in [-0.4, -0.2) is 67.1 Å². The number of pyridine rings is 1. The normalized spacial score (nSPS) is 17.9. The van der Waals surface area contributed by atoms with Crippen LogP contribution in [-0.2, 0) is 11.3 Å². The van der Waals surface area contributed by atoms with E-state index >= 15 is 0 Å². The number of hydrogen-bond donors (Lipinski definition) is 2. The van der Waals surface area contributed by atoms with Crippen LogP contribution < -0.4 is 15.4 Å². The number of carbonyl (C=O) groups excluding carboxylic acids is 2. The molecule has 0 aliphatic carbocycles. The molecule has 1 amide bonds. The Kier molecular flexibility index (Phi) is 7.87. The highest BCUT2D eigenvalue weighted by Crippen LogP contribution is 2.29. The highest BCUT2D eigenvalue weighted by atomic mass is 35.5. The maximum Gasteiger partial charge on any atom is 0.233 e. The number of nitrogens with zero attached hydrogens (tertiary/aromatic N) is 3. The van der Waals surface area contributed by atoms with Crippen LogP contribution in [0.2, 0.25) is 5.02 Å². The molecule has 0 radical (unpaired) electrons. The van der Waals surface area contributed by atoms with Gasteiger partial charge >= 0.3 is 0 Å². The van der Waals surface area contributed by atoms with Gasteiger partial charge in [0, 0.05) is 37.5 Å². The molecular weight excluding hydrogens is 461 g/mol. The minimum atomic E-state index is -0.531. The van der Waals surface area contributed by atoms with Gasteiger partial charge in [0.2, 0.25) is 5.91 Å². The Hall–Kier alpha value is -2.88. The van der Waals surface area contributed by atoms with E-state index in [9.17, 15) is 14.0 Å². The summed E-state index contributed by atoms with van der Waals surface area (Å²) in [5.74, 6) is 0.185. The van der Waals surface area contributed by atoms with Crippen LogP contribution >= 0.6 is 11.6 Å². The second kappa shape index (κ2) is 11.0. The first kappa shape index (κ1) is 24.3. The molecule has 2 aromatic rings. The number of ether oxygens (including phenoxy) is 1. The fraction of sp³-hybridized carbons (Fsp3) is 0.417. The second-order valence-electron chi connectivity index (χ2n) is 8.62. The Bertz CT molecular complexity index is 1110. The largest absolute Gasteiger partial charge is 0.488 e. The first-order valence-electron chi connectivity index (χ1n) is 11.2. The Morgan fingerprint density at radius 2 is 2.21 bits per heavy atom. The SMILES string of the molecule is CN1CCC(CNC(=O)CNCc2nccc3c2N=C(COc2ccc(F)c(Cl)c2)CC3=O)C1. The lowest BCUT2D eigenvalue weighted by molar-refractivity contribution is -0.120. The lowest BCUT2D eigenvalue weighted by atomic mass is 10.00. The molecule has 1 fully saturated rings. The maximum atomic E-state index is 13.3. The Labute approximate surface area is 202 Å². The average Bonchev–Trinajstić information content (AvgIpc) is 3.24. The Morgan fingerprint density at radius 3 is 2.97 bits per heavy atom. The predicted octanol–water partition coefficient (Wildman–Crippen LogP) is 2.77. The van der Waals surface area contributed by atoms with E-state index in [1.54, 1.807) is 12.3 Å². The van der Waals surface area contributed by atoms with E-state index in [0.717, 1.165) is 19.5 Å². The molecule has 0 spiro atoms. The van der Waals surface area contributed by atoms with Crippen LogP contribution in [0, 0.1) is 11.7 Å². The fourth-order valence-electron chi connectivity index (χ4n) is 4.08. The standard InChI is InChI=1S/C24H27ClFN5O3/c1-31-7-5-15(13-31)10-29-23(33)12-27-11-21-24-18(4-6-28-21)22(32)8-16(30-24)14-34-17-2-3-20(26)19(25)9-17/h2-4,6,9,15,27H,5,7-8,10-14H2,1H3,(H,29,33). The van der Waals surface area contributed by atoms with Gasteiger partial charge in [0.25, 0.3) is 0 Å². The average molecular weight is 488 g/mol. The molecule has 8 nitrogen and oxygen atoms in total. The number of aromatic nitrogens is 1. The number of carbonyl (C=O) groups is 2. The fourth-order valence-corrected chi connectivity index (χ4v) is 4.25. The molecule has 180 valence electrons. The smallest absolute Gasteiger partial charge is 0.233 e. The monoisotopic (exact) mass is 487 g/mol. The van der Waals surface area contributed by atoms with E-state index in [1.165, 1.54) is 18.2 Å². The lowest BCUT2D eigenvalue weighted by Crippen LogP contribution is -2.37. The molecule has 1 aromatic heterocycles. The maximum absolute atomic E-state index is 13.3. The first-order chi connectivity index (χ1) is 16.4. The van der Waals surface area contributed by atoms with E-state index in [-0.39, 0.29) is 36.3 Å². The number of likely N-dealkylation sites (tertiary alicyclic amines) is 1. The number of nitrogens with one attached hydrogen (secondary N) is 2. The number of Topliss-reactive ketones (excluding diaryl/α,β-unsaturated/α-hetero) is 1. The molecule has 2 N–H and O–H groups in total. The van der Waals surface area contributed by atoms with Gasteiger partial charge in [-0.15, -0.1) is 0 Å². The number of amides is 1.